The molecule has 0 aromatic heterocycles. The number of nitrogens with one attached hydrogen (secondary N) is 1. The van der Waals surface area contributed by atoms with Gasteiger partial charge in [-0.3, -0.25) is 0 Å². The van der Waals surface area contributed by atoms with Gasteiger partial charge in [0.1, 0.15) is 18.1 Å². The second-order valence-electron chi connectivity index (χ2n) is 6.62. The van der Waals surface area contributed by atoms with Gasteiger partial charge < -0.3 is 14.5 Å². The first-order valence-corrected chi connectivity index (χ1v) is 9.86. The summed E-state index contributed by atoms with van der Waals surface area (Å²) in [6.07, 6.45) is 0. The van der Waals surface area contributed by atoms with Crippen molar-refractivity contribution in [2.24, 2.45) is 0 Å². The van der Waals surface area contributed by atoms with E-state index in [0.29, 0.717) is 0 Å². The Labute approximate surface area is 117 Å². The van der Waals surface area contributed by atoms with Crippen molar-refractivity contribution in [1.82, 2.24) is 5.32 Å². The molecule has 2 rings (SSSR count). The molecule has 3 nitrogen and oxygen atoms in total. The molecule has 0 amide bonds. The molecule has 1 aromatic rings. The summed E-state index contributed by atoms with van der Waals surface area (Å²) in [5.74, 6) is 1.94. The van der Waals surface area contributed by atoms with Crippen molar-refractivity contribution in [2.75, 3.05) is 13.2 Å². The predicted octanol–water partition coefficient (Wildman–Crippen LogP) is 3.55. The highest BCUT2D eigenvalue weighted by atomic mass is 28.4. The Balaban J connectivity index is 2.31. The van der Waals surface area contributed by atoms with Gasteiger partial charge in [0.25, 0.3) is 0 Å². The number of rotatable bonds is 2. The third-order valence-electron chi connectivity index (χ3n) is 4.10. The Morgan fingerprint density at radius 1 is 1.26 bits per heavy atom. The summed E-state index contributed by atoms with van der Waals surface area (Å²) in [7, 11) is -1.80. The lowest BCUT2D eigenvalue weighted by Crippen LogP contribution is -2.44. The minimum absolute atomic E-state index is 0.203. The van der Waals surface area contributed by atoms with Gasteiger partial charge >= 0.3 is 0 Å². The van der Waals surface area contributed by atoms with Gasteiger partial charge in [0.15, 0.2) is 0 Å². The van der Waals surface area contributed by atoms with Crippen LogP contribution in [0.25, 0.3) is 0 Å². The highest BCUT2D eigenvalue weighted by Crippen LogP contribution is 2.39. The van der Waals surface area contributed by atoms with Crippen LogP contribution >= 0.6 is 0 Å². The zero-order chi connectivity index (χ0) is 14.1. The maximum atomic E-state index is 6.44. The normalized spacial score (nSPS) is 16.3. The second kappa shape index (κ2) is 5.17. The monoisotopic (exact) mass is 279 g/mol. The van der Waals surface area contributed by atoms with E-state index in [4.69, 9.17) is 9.16 Å². The molecule has 0 radical (unpaired) electrons. The van der Waals surface area contributed by atoms with Crippen molar-refractivity contribution in [3.63, 3.8) is 0 Å². The first-order valence-electron chi connectivity index (χ1n) is 6.96. The van der Waals surface area contributed by atoms with E-state index in [1.54, 1.807) is 0 Å². The van der Waals surface area contributed by atoms with Crippen molar-refractivity contribution < 1.29 is 9.16 Å². The molecule has 0 spiro atoms. The van der Waals surface area contributed by atoms with Crippen molar-refractivity contribution in [1.29, 1.82) is 0 Å². The quantitative estimate of drug-likeness (QED) is 0.840. The molecule has 1 aromatic carbocycles. The first-order chi connectivity index (χ1) is 8.81. The van der Waals surface area contributed by atoms with Crippen LogP contribution in [0.3, 0.4) is 0 Å². The van der Waals surface area contributed by atoms with Gasteiger partial charge in [-0.1, -0.05) is 26.8 Å². The molecule has 1 heterocycles. The molecule has 19 heavy (non-hydrogen) atoms. The SMILES string of the molecule is CC(C)(C)[Si](C)(C)Oc1cccc2c1CNCCO2. The molecule has 1 aliphatic heterocycles. The summed E-state index contributed by atoms with van der Waals surface area (Å²) in [6, 6.07) is 6.11. The molecule has 1 N–H and O–H groups in total. The molecule has 0 saturated heterocycles. The summed E-state index contributed by atoms with van der Waals surface area (Å²) in [4.78, 5) is 0. The van der Waals surface area contributed by atoms with Crippen molar-refractivity contribution >= 4 is 8.32 Å². The van der Waals surface area contributed by atoms with Crippen LogP contribution in [0, 0.1) is 0 Å². The van der Waals surface area contributed by atoms with E-state index < -0.39 is 8.32 Å². The molecule has 0 saturated carbocycles. The number of hydrogen-bond acceptors (Lipinski definition) is 3. The summed E-state index contributed by atoms with van der Waals surface area (Å²) < 4.78 is 12.2. The molecule has 106 valence electrons. The van der Waals surface area contributed by atoms with Crippen molar-refractivity contribution in [3.05, 3.63) is 23.8 Å². The first kappa shape index (κ1) is 14.4. The topological polar surface area (TPSA) is 30.5 Å². The van der Waals surface area contributed by atoms with Gasteiger partial charge in [0, 0.05) is 18.7 Å². The summed E-state index contributed by atoms with van der Waals surface area (Å²) in [5, 5.41) is 3.58. The molecular formula is C15H25NO2Si. The fraction of sp³-hybridized carbons (Fsp3) is 0.600. The van der Waals surface area contributed by atoms with Crippen molar-refractivity contribution in [2.45, 2.75) is 45.4 Å². The summed E-state index contributed by atoms with van der Waals surface area (Å²) >= 11 is 0. The van der Waals surface area contributed by atoms with E-state index in [2.05, 4.69) is 45.2 Å². The van der Waals surface area contributed by atoms with Gasteiger partial charge in [-0.05, 0) is 30.3 Å². The average molecular weight is 279 g/mol. The largest absolute Gasteiger partial charge is 0.543 e. The van der Waals surface area contributed by atoms with Gasteiger partial charge in [-0.25, -0.2) is 0 Å². The number of ether oxygens (including phenoxy) is 1. The number of benzene rings is 1. The smallest absolute Gasteiger partial charge is 0.250 e. The molecule has 0 atom stereocenters. The number of fused-ring (bicyclic) bond motifs is 1. The minimum Gasteiger partial charge on any atom is -0.543 e. The molecule has 0 bridgehead atoms. The maximum Gasteiger partial charge on any atom is 0.250 e. The predicted molar refractivity (Wildman–Crippen MR) is 81.5 cm³/mol. The van der Waals surface area contributed by atoms with Crippen LogP contribution in [0.4, 0.5) is 0 Å². The standard InChI is InChI=1S/C15H25NO2Si/c1-15(2,3)19(4,5)18-14-8-6-7-13-12(14)11-16-9-10-17-13/h6-8,16H,9-11H2,1-5H3. The average Bonchev–Trinajstić information content (AvgIpc) is 2.52. The fourth-order valence-electron chi connectivity index (χ4n) is 1.83. The van der Waals surface area contributed by atoms with Crippen LogP contribution in [-0.2, 0) is 6.54 Å². The van der Waals surface area contributed by atoms with Crippen LogP contribution in [0.15, 0.2) is 18.2 Å². The zero-order valence-corrected chi connectivity index (χ0v) is 13.7. The lowest BCUT2D eigenvalue weighted by Gasteiger charge is -2.37. The highest BCUT2D eigenvalue weighted by Gasteiger charge is 2.39. The van der Waals surface area contributed by atoms with E-state index in [1.807, 2.05) is 12.1 Å². The fourth-order valence-corrected chi connectivity index (χ4v) is 2.87. The van der Waals surface area contributed by atoms with Crippen LogP contribution in [0.5, 0.6) is 11.5 Å². The summed E-state index contributed by atoms with van der Waals surface area (Å²) in [5.41, 5.74) is 1.16. The van der Waals surface area contributed by atoms with Gasteiger partial charge in [0.05, 0.1) is 0 Å². The van der Waals surface area contributed by atoms with E-state index in [0.717, 1.165) is 36.8 Å². The summed E-state index contributed by atoms with van der Waals surface area (Å²) in [6.45, 7) is 13.8. The highest BCUT2D eigenvalue weighted by molar-refractivity contribution is 6.74. The second-order valence-corrected chi connectivity index (χ2v) is 11.3. The number of hydrogen-bond donors (Lipinski definition) is 1. The Kier molecular flexibility index (Phi) is 3.92. The maximum absolute atomic E-state index is 6.44. The molecule has 1 aliphatic rings. The van der Waals surface area contributed by atoms with E-state index in [9.17, 15) is 0 Å². The van der Waals surface area contributed by atoms with Gasteiger partial charge in [-0.15, -0.1) is 0 Å². The van der Waals surface area contributed by atoms with E-state index in [-0.39, 0.29) is 5.04 Å². The van der Waals surface area contributed by atoms with Crippen molar-refractivity contribution in [3.8, 4) is 11.5 Å². The van der Waals surface area contributed by atoms with Crippen LogP contribution in [-0.4, -0.2) is 21.5 Å². The molecule has 0 unspecified atom stereocenters. The molecule has 0 aliphatic carbocycles. The van der Waals surface area contributed by atoms with E-state index >= 15 is 0 Å². The van der Waals surface area contributed by atoms with Crippen LogP contribution in [0.2, 0.25) is 18.1 Å². The Morgan fingerprint density at radius 3 is 2.68 bits per heavy atom. The van der Waals surface area contributed by atoms with Gasteiger partial charge in [0.2, 0.25) is 8.32 Å². The molecular weight excluding hydrogens is 254 g/mol. The third kappa shape index (κ3) is 3.12. The molecule has 4 heteroatoms. The Hall–Kier alpha value is -1.00. The molecule has 0 fully saturated rings. The van der Waals surface area contributed by atoms with E-state index in [1.165, 1.54) is 0 Å². The Morgan fingerprint density at radius 2 is 2.00 bits per heavy atom. The lowest BCUT2D eigenvalue weighted by atomic mass is 10.2. The minimum atomic E-state index is -1.80. The zero-order valence-electron chi connectivity index (χ0n) is 12.7. The van der Waals surface area contributed by atoms with Crippen LogP contribution < -0.4 is 14.5 Å². The van der Waals surface area contributed by atoms with Gasteiger partial charge in [-0.2, -0.15) is 0 Å². The third-order valence-corrected chi connectivity index (χ3v) is 8.44. The van der Waals surface area contributed by atoms with Crippen LogP contribution in [0.1, 0.15) is 26.3 Å². The Bertz CT molecular complexity index is 452. The lowest BCUT2D eigenvalue weighted by molar-refractivity contribution is 0.325.